The average Bonchev–Trinajstić information content (AvgIpc) is 3.46. The summed E-state index contributed by atoms with van der Waals surface area (Å²) in [6, 6.07) is 5.08. The molecule has 0 spiro atoms. The number of halogens is 1. The summed E-state index contributed by atoms with van der Waals surface area (Å²) in [4.78, 5) is 46.4. The molecule has 1 aliphatic carbocycles. The van der Waals surface area contributed by atoms with E-state index in [2.05, 4.69) is 15.3 Å². The summed E-state index contributed by atoms with van der Waals surface area (Å²) in [7, 11) is 1.65. The first kappa shape index (κ1) is 23.7. The number of hydrogen-bond donors (Lipinski definition) is 1. The van der Waals surface area contributed by atoms with Crippen molar-refractivity contribution in [2.45, 2.75) is 52.6 Å². The molecular weight excluding hydrogens is 435 g/mol. The van der Waals surface area contributed by atoms with Crippen LogP contribution >= 0.6 is 0 Å². The minimum absolute atomic E-state index is 0.0198. The third-order valence-corrected chi connectivity index (χ3v) is 6.52. The van der Waals surface area contributed by atoms with Crippen LogP contribution in [0.4, 0.5) is 10.2 Å². The number of ketones is 1. The van der Waals surface area contributed by atoms with Crippen molar-refractivity contribution in [3.63, 3.8) is 0 Å². The van der Waals surface area contributed by atoms with E-state index in [0.717, 1.165) is 18.4 Å². The number of aromatic nitrogens is 3. The SMILES string of the molecule is CCCC(=O)c1cc(C)c(-c2cc3cnc(NC(=O)[C@H]4C(CCC)[C@H]4F)cc3n(C)c2=O)cn1. The second-order valence-electron chi connectivity index (χ2n) is 9.02. The Morgan fingerprint density at radius 1 is 1.09 bits per heavy atom. The molecule has 1 unspecified atom stereocenters. The molecule has 1 N–H and O–H groups in total. The number of anilines is 1. The molecule has 1 saturated carbocycles. The lowest BCUT2D eigenvalue weighted by atomic mass is 10.0. The maximum atomic E-state index is 13.9. The minimum Gasteiger partial charge on any atom is -0.311 e. The number of aryl methyl sites for hydroxylation is 2. The van der Waals surface area contributed by atoms with Gasteiger partial charge in [0, 0.05) is 54.4 Å². The van der Waals surface area contributed by atoms with Gasteiger partial charge in [0.25, 0.3) is 5.56 Å². The molecule has 0 bridgehead atoms. The highest BCUT2D eigenvalue weighted by molar-refractivity contribution is 5.97. The summed E-state index contributed by atoms with van der Waals surface area (Å²) < 4.78 is 15.4. The van der Waals surface area contributed by atoms with Gasteiger partial charge in [-0.3, -0.25) is 19.4 Å². The molecule has 3 heterocycles. The van der Waals surface area contributed by atoms with E-state index >= 15 is 0 Å². The van der Waals surface area contributed by atoms with Gasteiger partial charge in [-0.1, -0.05) is 20.3 Å². The van der Waals surface area contributed by atoms with Crippen LogP contribution in [-0.4, -0.2) is 32.4 Å². The third kappa shape index (κ3) is 4.36. The van der Waals surface area contributed by atoms with Crippen molar-refractivity contribution in [2.24, 2.45) is 18.9 Å². The number of pyridine rings is 3. The van der Waals surface area contributed by atoms with Crippen molar-refractivity contribution in [1.29, 1.82) is 0 Å². The highest BCUT2D eigenvalue weighted by Crippen LogP contribution is 2.45. The van der Waals surface area contributed by atoms with E-state index in [1.807, 2.05) is 20.8 Å². The number of nitrogens with one attached hydrogen (secondary N) is 1. The van der Waals surface area contributed by atoms with Crippen LogP contribution in [-0.2, 0) is 11.8 Å². The fourth-order valence-electron chi connectivity index (χ4n) is 4.52. The van der Waals surface area contributed by atoms with Crippen LogP contribution in [0, 0.1) is 18.8 Å². The van der Waals surface area contributed by atoms with Crippen LogP contribution in [0.1, 0.15) is 55.6 Å². The second-order valence-corrected chi connectivity index (χ2v) is 9.02. The Morgan fingerprint density at radius 2 is 1.85 bits per heavy atom. The molecule has 178 valence electrons. The van der Waals surface area contributed by atoms with Gasteiger partial charge in [0.05, 0.1) is 11.4 Å². The van der Waals surface area contributed by atoms with E-state index in [1.54, 1.807) is 37.6 Å². The second kappa shape index (κ2) is 9.44. The lowest BCUT2D eigenvalue weighted by molar-refractivity contribution is -0.118. The van der Waals surface area contributed by atoms with Crippen molar-refractivity contribution < 1.29 is 14.0 Å². The van der Waals surface area contributed by atoms with Crippen molar-refractivity contribution in [3.05, 3.63) is 52.2 Å². The number of Topliss-reactive ketones (excluding diaryl/α,β-unsaturated/α-hetero) is 1. The van der Waals surface area contributed by atoms with Crippen LogP contribution < -0.4 is 10.9 Å². The molecule has 4 rings (SSSR count). The zero-order valence-electron chi connectivity index (χ0n) is 19.9. The summed E-state index contributed by atoms with van der Waals surface area (Å²) in [6.45, 7) is 5.76. The Morgan fingerprint density at radius 3 is 2.53 bits per heavy atom. The van der Waals surface area contributed by atoms with Crippen LogP contribution in [0.5, 0.6) is 0 Å². The highest BCUT2D eigenvalue weighted by atomic mass is 19.1. The molecule has 0 aromatic carbocycles. The van der Waals surface area contributed by atoms with Crippen LogP contribution in [0.15, 0.2) is 35.4 Å². The summed E-state index contributed by atoms with van der Waals surface area (Å²) >= 11 is 0. The van der Waals surface area contributed by atoms with E-state index in [4.69, 9.17) is 0 Å². The third-order valence-electron chi connectivity index (χ3n) is 6.52. The molecule has 3 atom stereocenters. The molecule has 1 fully saturated rings. The first-order valence-corrected chi connectivity index (χ1v) is 11.7. The lowest BCUT2D eigenvalue weighted by Crippen LogP contribution is -2.20. The van der Waals surface area contributed by atoms with Crippen LogP contribution in [0.2, 0.25) is 0 Å². The molecule has 0 saturated heterocycles. The Kier molecular flexibility index (Phi) is 6.59. The largest absolute Gasteiger partial charge is 0.311 e. The predicted molar refractivity (Wildman–Crippen MR) is 130 cm³/mol. The molecule has 8 heteroatoms. The van der Waals surface area contributed by atoms with E-state index < -0.39 is 12.1 Å². The first-order chi connectivity index (χ1) is 16.3. The van der Waals surface area contributed by atoms with Gasteiger partial charge in [-0.05, 0) is 37.5 Å². The molecule has 0 radical (unpaired) electrons. The quantitative estimate of drug-likeness (QED) is 0.492. The number of nitrogens with zero attached hydrogens (tertiary/aromatic N) is 3. The van der Waals surface area contributed by atoms with Crippen LogP contribution in [0.25, 0.3) is 22.0 Å². The average molecular weight is 465 g/mol. The maximum absolute atomic E-state index is 13.9. The molecule has 7 nitrogen and oxygen atoms in total. The summed E-state index contributed by atoms with van der Waals surface area (Å²) in [5, 5.41) is 3.40. The summed E-state index contributed by atoms with van der Waals surface area (Å²) in [5.41, 5.74) is 2.65. The summed E-state index contributed by atoms with van der Waals surface area (Å²) in [6.07, 6.45) is 4.74. The lowest BCUT2D eigenvalue weighted by Gasteiger charge is -2.12. The Labute approximate surface area is 197 Å². The first-order valence-electron chi connectivity index (χ1n) is 11.7. The molecule has 3 aromatic heterocycles. The number of amides is 1. The fraction of sp³-hybridized carbons (Fsp3) is 0.423. The van der Waals surface area contributed by atoms with Gasteiger partial charge in [-0.2, -0.15) is 0 Å². The van der Waals surface area contributed by atoms with Gasteiger partial charge in [-0.15, -0.1) is 0 Å². The van der Waals surface area contributed by atoms with E-state index in [9.17, 15) is 18.8 Å². The number of alkyl halides is 1. The number of carbonyl (C=O) groups excluding carboxylic acids is 2. The van der Waals surface area contributed by atoms with Crippen molar-refractivity contribution >= 4 is 28.4 Å². The van der Waals surface area contributed by atoms with Gasteiger partial charge < -0.3 is 9.88 Å². The Hall–Kier alpha value is -3.42. The predicted octanol–water partition coefficient (Wildman–Crippen LogP) is 4.61. The molecule has 0 aliphatic heterocycles. The van der Waals surface area contributed by atoms with Crippen molar-refractivity contribution in [1.82, 2.24) is 14.5 Å². The number of fused-ring (bicyclic) bond motifs is 1. The highest BCUT2D eigenvalue weighted by Gasteiger charge is 2.55. The van der Waals surface area contributed by atoms with Gasteiger partial charge in [0.1, 0.15) is 17.7 Å². The fourth-order valence-corrected chi connectivity index (χ4v) is 4.52. The summed E-state index contributed by atoms with van der Waals surface area (Å²) in [5.74, 6) is -0.970. The standard InChI is InChI=1S/C26H29FN4O3/c1-5-7-16-23(24(16)27)25(33)30-22-11-20-15(12-29-22)10-17(26(34)31(20)4)18-13-28-19(9-14(18)3)21(32)8-6-2/h9-13,16,23-24H,5-8H2,1-4H3,(H,29,30,33)/t16?,23-,24+/m0/s1. The maximum Gasteiger partial charge on any atom is 0.258 e. The normalized spacial score (nSPS) is 19.3. The smallest absolute Gasteiger partial charge is 0.258 e. The molecule has 34 heavy (non-hydrogen) atoms. The van der Waals surface area contributed by atoms with E-state index in [-0.39, 0.29) is 29.0 Å². The van der Waals surface area contributed by atoms with Crippen molar-refractivity contribution in [3.8, 4) is 11.1 Å². The number of hydrogen-bond acceptors (Lipinski definition) is 5. The topological polar surface area (TPSA) is 94.0 Å². The van der Waals surface area contributed by atoms with Gasteiger partial charge in [0.15, 0.2) is 5.78 Å². The van der Waals surface area contributed by atoms with Crippen LogP contribution in [0.3, 0.4) is 0 Å². The molecular formula is C26H29FN4O3. The monoisotopic (exact) mass is 464 g/mol. The van der Waals surface area contributed by atoms with Gasteiger partial charge in [0.2, 0.25) is 5.91 Å². The molecule has 3 aromatic rings. The Balaban J connectivity index is 1.64. The van der Waals surface area contributed by atoms with Gasteiger partial charge in [-0.25, -0.2) is 9.37 Å². The van der Waals surface area contributed by atoms with Crippen molar-refractivity contribution in [2.75, 3.05) is 5.32 Å². The van der Waals surface area contributed by atoms with E-state index in [0.29, 0.717) is 40.6 Å². The molecule has 1 aliphatic rings. The zero-order chi connectivity index (χ0) is 24.6. The van der Waals surface area contributed by atoms with E-state index in [1.165, 1.54) is 4.57 Å². The Bertz CT molecular complexity index is 1330. The number of carbonyl (C=O) groups is 2. The minimum atomic E-state index is -1.10. The van der Waals surface area contributed by atoms with Gasteiger partial charge >= 0.3 is 0 Å². The zero-order valence-corrected chi connectivity index (χ0v) is 19.9. The number of rotatable bonds is 8. The molecule has 1 amide bonds.